The highest BCUT2D eigenvalue weighted by Gasteiger charge is 2.32. The molecule has 0 fully saturated rings. The molecule has 104 valence electrons. The van der Waals surface area contributed by atoms with E-state index in [1.54, 1.807) is 18.2 Å². The molecule has 1 rings (SSSR count). The van der Waals surface area contributed by atoms with Gasteiger partial charge >= 0.3 is 0 Å². The molecule has 0 aliphatic carbocycles. The third kappa shape index (κ3) is 3.68. The first-order chi connectivity index (χ1) is 8.86. The molecule has 1 aromatic rings. The summed E-state index contributed by atoms with van der Waals surface area (Å²) in [5.74, 6) is -0.222. The molecule has 0 heterocycles. The van der Waals surface area contributed by atoms with E-state index in [1.807, 2.05) is 13.8 Å². The lowest BCUT2D eigenvalue weighted by Gasteiger charge is -2.31. The monoisotopic (exact) mass is 362 g/mol. The fourth-order valence-electron chi connectivity index (χ4n) is 1.80. The molecule has 0 saturated heterocycles. The van der Waals surface area contributed by atoms with E-state index in [-0.39, 0.29) is 5.91 Å². The molecule has 19 heavy (non-hydrogen) atoms. The first-order valence-corrected chi connectivity index (χ1v) is 7.51. The standard InChI is InChI=1S/C13H16BrClN2OS/c1-3-13(4-2,12(16)19)17-11(18)9-6-5-8(15)7-10(9)14/h5-7H,3-4H2,1-2H3,(H2,16,19)(H,17,18). The van der Waals surface area contributed by atoms with Crippen molar-refractivity contribution >= 4 is 50.6 Å². The van der Waals surface area contributed by atoms with Crippen LogP contribution in [0.5, 0.6) is 0 Å². The average Bonchev–Trinajstić information content (AvgIpc) is 2.35. The largest absolute Gasteiger partial charge is 0.391 e. The summed E-state index contributed by atoms with van der Waals surface area (Å²) in [5.41, 5.74) is 5.62. The van der Waals surface area contributed by atoms with Gasteiger partial charge in [-0.2, -0.15) is 0 Å². The second kappa shape index (κ2) is 6.68. The summed E-state index contributed by atoms with van der Waals surface area (Å²) in [4.78, 5) is 12.6. The summed E-state index contributed by atoms with van der Waals surface area (Å²) in [5, 5.41) is 3.49. The van der Waals surface area contributed by atoms with Gasteiger partial charge in [-0.3, -0.25) is 4.79 Å². The number of hydrogen-bond acceptors (Lipinski definition) is 2. The van der Waals surface area contributed by atoms with Crippen LogP contribution in [-0.2, 0) is 0 Å². The molecule has 0 aliphatic rings. The number of nitrogens with one attached hydrogen (secondary N) is 1. The molecule has 0 unspecified atom stereocenters. The van der Waals surface area contributed by atoms with Gasteiger partial charge in [0.25, 0.3) is 5.91 Å². The van der Waals surface area contributed by atoms with Crippen LogP contribution >= 0.6 is 39.7 Å². The van der Waals surface area contributed by atoms with Gasteiger partial charge < -0.3 is 11.1 Å². The van der Waals surface area contributed by atoms with Gasteiger partial charge in [0, 0.05) is 9.50 Å². The van der Waals surface area contributed by atoms with Gasteiger partial charge in [-0.05, 0) is 47.0 Å². The second-order valence-corrected chi connectivity index (χ2v) is 5.96. The van der Waals surface area contributed by atoms with Crippen LogP contribution in [0.25, 0.3) is 0 Å². The number of carbonyl (C=O) groups is 1. The third-order valence-corrected chi connectivity index (χ3v) is 4.49. The zero-order valence-corrected chi connectivity index (χ0v) is 14.0. The van der Waals surface area contributed by atoms with Gasteiger partial charge in [0.05, 0.1) is 16.1 Å². The molecular weight excluding hydrogens is 348 g/mol. The summed E-state index contributed by atoms with van der Waals surface area (Å²) >= 11 is 14.3. The predicted octanol–water partition coefficient (Wildman–Crippen LogP) is 3.68. The maximum atomic E-state index is 12.3. The number of carbonyl (C=O) groups excluding carboxylic acids is 1. The Balaban J connectivity index is 3.04. The van der Waals surface area contributed by atoms with Crippen molar-refractivity contribution in [3.05, 3.63) is 33.3 Å². The molecular formula is C13H16BrClN2OS. The van der Waals surface area contributed by atoms with Crippen LogP contribution in [0.3, 0.4) is 0 Å². The Bertz CT molecular complexity index is 503. The zero-order valence-electron chi connectivity index (χ0n) is 10.8. The molecule has 0 aliphatic heterocycles. The van der Waals surface area contributed by atoms with Crippen LogP contribution in [0.2, 0.25) is 5.02 Å². The summed E-state index contributed by atoms with van der Waals surface area (Å²) in [6.45, 7) is 3.89. The number of amides is 1. The van der Waals surface area contributed by atoms with Crippen LogP contribution in [0.1, 0.15) is 37.0 Å². The Kier molecular flexibility index (Phi) is 5.77. The number of rotatable bonds is 5. The van der Waals surface area contributed by atoms with Crippen molar-refractivity contribution in [3.8, 4) is 0 Å². The zero-order chi connectivity index (χ0) is 14.6. The van der Waals surface area contributed by atoms with E-state index in [4.69, 9.17) is 29.6 Å². The van der Waals surface area contributed by atoms with Crippen molar-refractivity contribution in [1.29, 1.82) is 0 Å². The van der Waals surface area contributed by atoms with E-state index in [0.29, 0.717) is 32.9 Å². The number of thiocarbonyl (C=S) groups is 1. The minimum Gasteiger partial charge on any atom is -0.391 e. The molecule has 3 N–H and O–H groups in total. The highest BCUT2D eigenvalue weighted by Crippen LogP contribution is 2.23. The number of halogens is 2. The first-order valence-electron chi connectivity index (χ1n) is 5.93. The van der Waals surface area contributed by atoms with E-state index >= 15 is 0 Å². The lowest BCUT2D eigenvalue weighted by molar-refractivity contribution is 0.0919. The van der Waals surface area contributed by atoms with Crippen molar-refractivity contribution < 1.29 is 4.79 Å². The average molecular weight is 364 g/mol. The van der Waals surface area contributed by atoms with Gasteiger partial charge in [0.15, 0.2) is 0 Å². The molecule has 1 amide bonds. The minimum atomic E-state index is -0.647. The second-order valence-electron chi connectivity index (χ2n) is 4.23. The summed E-state index contributed by atoms with van der Waals surface area (Å²) in [6, 6.07) is 5.01. The van der Waals surface area contributed by atoms with Crippen molar-refractivity contribution in [1.82, 2.24) is 5.32 Å². The lowest BCUT2D eigenvalue weighted by atomic mass is 9.92. The maximum absolute atomic E-state index is 12.3. The number of benzene rings is 1. The highest BCUT2D eigenvalue weighted by molar-refractivity contribution is 9.10. The van der Waals surface area contributed by atoms with Crippen LogP contribution in [0.15, 0.2) is 22.7 Å². The molecule has 0 bridgehead atoms. The summed E-state index contributed by atoms with van der Waals surface area (Å²) in [7, 11) is 0. The minimum absolute atomic E-state index is 0.222. The van der Waals surface area contributed by atoms with Crippen molar-refractivity contribution in [2.24, 2.45) is 5.73 Å². The molecule has 3 nitrogen and oxygen atoms in total. The van der Waals surface area contributed by atoms with Crippen LogP contribution in [-0.4, -0.2) is 16.4 Å². The SMILES string of the molecule is CCC(CC)(NC(=O)c1ccc(Cl)cc1Br)C(N)=S. The summed E-state index contributed by atoms with van der Waals surface area (Å²) in [6.07, 6.45) is 1.30. The van der Waals surface area contributed by atoms with Crippen molar-refractivity contribution in [2.75, 3.05) is 0 Å². The quantitative estimate of drug-likeness (QED) is 0.785. The van der Waals surface area contributed by atoms with E-state index in [2.05, 4.69) is 21.2 Å². The van der Waals surface area contributed by atoms with E-state index in [1.165, 1.54) is 0 Å². The molecule has 0 saturated carbocycles. The maximum Gasteiger partial charge on any atom is 0.253 e. The topological polar surface area (TPSA) is 55.1 Å². The first kappa shape index (κ1) is 16.4. The fraction of sp³-hybridized carbons (Fsp3) is 0.385. The predicted molar refractivity (Wildman–Crippen MR) is 86.7 cm³/mol. The smallest absolute Gasteiger partial charge is 0.253 e. The van der Waals surface area contributed by atoms with Crippen LogP contribution < -0.4 is 11.1 Å². The molecule has 6 heteroatoms. The third-order valence-electron chi connectivity index (χ3n) is 3.21. The van der Waals surface area contributed by atoms with Gasteiger partial charge in [0.1, 0.15) is 0 Å². The molecule has 0 spiro atoms. The number of hydrogen-bond donors (Lipinski definition) is 2. The van der Waals surface area contributed by atoms with Crippen molar-refractivity contribution in [3.63, 3.8) is 0 Å². The fourth-order valence-corrected chi connectivity index (χ4v) is 3.00. The van der Waals surface area contributed by atoms with E-state index < -0.39 is 5.54 Å². The van der Waals surface area contributed by atoms with Crippen LogP contribution in [0.4, 0.5) is 0 Å². The Morgan fingerprint density at radius 1 is 1.47 bits per heavy atom. The highest BCUT2D eigenvalue weighted by atomic mass is 79.9. The van der Waals surface area contributed by atoms with Crippen molar-refractivity contribution in [2.45, 2.75) is 32.2 Å². The van der Waals surface area contributed by atoms with E-state index in [9.17, 15) is 4.79 Å². The normalized spacial score (nSPS) is 11.2. The Morgan fingerprint density at radius 2 is 2.05 bits per heavy atom. The van der Waals surface area contributed by atoms with E-state index in [0.717, 1.165) is 0 Å². The molecule has 0 atom stereocenters. The van der Waals surface area contributed by atoms with Gasteiger partial charge in [-0.25, -0.2) is 0 Å². The van der Waals surface area contributed by atoms with Gasteiger partial charge in [-0.1, -0.05) is 37.7 Å². The Hall–Kier alpha value is -0.650. The molecule has 0 radical (unpaired) electrons. The number of nitrogens with two attached hydrogens (primary N) is 1. The summed E-state index contributed by atoms with van der Waals surface area (Å²) < 4.78 is 0.640. The van der Waals surface area contributed by atoms with Gasteiger partial charge in [0.2, 0.25) is 0 Å². The Morgan fingerprint density at radius 3 is 2.47 bits per heavy atom. The molecule has 0 aromatic heterocycles. The van der Waals surface area contributed by atoms with Gasteiger partial charge in [-0.15, -0.1) is 0 Å². The molecule has 1 aromatic carbocycles. The lowest BCUT2D eigenvalue weighted by Crippen LogP contribution is -2.56. The Labute approximate surface area is 132 Å². The van der Waals surface area contributed by atoms with Crippen LogP contribution in [0, 0.1) is 0 Å².